The molecule has 0 unspecified atom stereocenters. The predicted molar refractivity (Wildman–Crippen MR) is 124 cm³/mol. The largest absolute Gasteiger partial charge is 0.355 e. The van der Waals surface area contributed by atoms with Crippen molar-refractivity contribution in [3.8, 4) is 0 Å². The molecular weight excluding hydrogens is 478 g/mol. The van der Waals surface area contributed by atoms with Crippen molar-refractivity contribution in [2.24, 2.45) is 5.92 Å². The number of amides is 1. The van der Waals surface area contributed by atoms with Crippen LogP contribution < -0.4 is 5.32 Å². The standard InChI is InChI=1S/C24H24F2N4O4S/c1-16-23(22(34-29-16)7-5-18-4-6-20(25)13-21(18)26)35(32,33)30-11-8-19(9-12-30)24(31)28-15-17-3-2-10-27-14-17/h2-7,10,13-14,19H,8-9,11-12,15H2,1H3,(H,28,31). The van der Waals surface area contributed by atoms with Crippen LogP contribution in [-0.2, 0) is 21.4 Å². The zero-order valence-corrected chi connectivity index (χ0v) is 19.8. The van der Waals surface area contributed by atoms with E-state index in [0.29, 0.717) is 19.4 Å². The van der Waals surface area contributed by atoms with Crippen molar-refractivity contribution < 1.29 is 26.5 Å². The number of halogens is 2. The Kier molecular flexibility index (Phi) is 7.37. The first-order chi connectivity index (χ1) is 16.8. The fourth-order valence-electron chi connectivity index (χ4n) is 3.92. The number of aromatic nitrogens is 2. The fraction of sp³-hybridized carbons (Fsp3) is 0.292. The normalized spacial score (nSPS) is 15.5. The summed E-state index contributed by atoms with van der Waals surface area (Å²) < 4.78 is 60.3. The Balaban J connectivity index is 1.43. The molecule has 1 aliphatic rings. The highest BCUT2D eigenvalue weighted by Crippen LogP contribution is 2.29. The zero-order valence-electron chi connectivity index (χ0n) is 18.9. The van der Waals surface area contributed by atoms with E-state index in [1.54, 1.807) is 18.5 Å². The van der Waals surface area contributed by atoms with Crippen molar-refractivity contribution in [1.82, 2.24) is 19.8 Å². The molecule has 0 spiro atoms. The van der Waals surface area contributed by atoms with E-state index in [-0.39, 0.29) is 46.8 Å². The topological polar surface area (TPSA) is 105 Å². The Labute approximate surface area is 201 Å². The van der Waals surface area contributed by atoms with Gasteiger partial charge in [0.1, 0.15) is 17.3 Å². The lowest BCUT2D eigenvalue weighted by atomic mass is 9.97. The van der Waals surface area contributed by atoms with Crippen LogP contribution in [0.15, 0.2) is 52.1 Å². The van der Waals surface area contributed by atoms with E-state index in [1.807, 2.05) is 6.07 Å². The molecule has 0 aliphatic carbocycles. The third-order valence-electron chi connectivity index (χ3n) is 5.82. The van der Waals surface area contributed by atoms with Crippen LogP contribution >= 0.6 is 0 Å². The van der Waals surface area contributed by atoms with Crippen LogP contribution in [0, 0.1) is 24.5 Å². The highest BCUT2D eigenvalue weighted by Gasteiger charge is 2.35. The molecule has 1 aliphatic heterocycles. The molecule has 1 fully saturated rings. The van der Waals surface area contributed by atoms with E-state index in [2.05, 4.69) is 15.5 Å². The molecule has 0 radical (unpaired) electrons. The first kappa shape index (κ1) is 24.7. The molecular formula is C24H24F2N4O4S. The van der Waals surface area contributed by atoms with Gasteiger partial charge >= 0.3 is 0 Å². The molecule has 8 nitrogen and oxygen atoms in total. The minimum atomic E-state index is -3.97. The van der Waals surface area contributed by atoms with Crippen molar-refractivity contribution in [2.75, 3.05) is 13.1 Å². The molecule has 0 saturated carbocycles. The van der Waals surface area contributed by atoms with Crippen molar-refractivity contribution >= 4 is 28.1 Å². The van der Waals surface area contributed by atoms with Gasteiger partial charge in [-0.3, -0.25) is 9.78 Å². The second-order valence-corrected chi connectivity index (χ2v) is 10.1. The van der Waals surface area contributed by atoms with Crippen molar-refractivity contribution in [2.45, 2.75) is 31.2 Å². The summed E-state index contributed by atoms with van der Waals surface area (Å²) in [4.78, 5) is 16.4. The Morgan fingerprint density at radius 3 is 2.69 bits per heavy atom. The quantitative estimate of drug-likeness (QED) is 0.530. The van der Waals surface area contributed by atoms with Crippen LogP contribution in [-0.4, -0.2) is 41.9 Å². The van der Waals surface area contributed by atoms with E-state index in [0.717, 1.165) is 17.7 Å². The maximum Gasteiger partial charge on any atom is 0.248 e. The Hall–Kier alpha value is -3.44. The Morgan fingerprint density at radius 2 is 2.00 bits per heavy atom. The molecule has 11 heteroatoms. The average Bonchev–Trinajstić information content (AvgIpc) is 3.23. The lowest BCUT2D eigenvalue weighted by Gasteiger charge is -2.30. The molecule has 3 heterocycles. The molecule has 1 amide bonds. The van der Waals surface area contributed by atoms with Crippen LogP contribution in [0.4, 0.5) is 8.78 Å². The highest BCUT2D eigenvalue weighted by molar-refractivity contribution is 7.89. The molecule has 184 valence electrons. The Morgan fingerprint density at radius 1 is 1.23 bits per heavy atom. The SMILES string of the molecule is Cc1noc(C=Cc2ccc(F)cc2F)c1S(=O)(=O)N1CCC(C(=O)NCc2cccnc2)CC1. The molecule has 1 saturated heterocycles. The zero-order chi connectivity index (χ0) is 25.0. The van der Waals surface area contributed by atoms with Crippen LogP contribution in [0.25, 0.3) is 12.2 Å². The molecule has 1 N–H and O–H groups in total. The number of sulfonamides is 1. The van der Waals surface area contributed by atoms with Crippen molar-refractivity contribution in [3.63, 3.8) is 0 Å². The van der Waals surface area contributed by atoms with Gasteiger partial charge in [-0.25, -0.2) is 17.2 Å². The third kappa shape index (κ3) is 5.63. The van der Waals surface area contributed by atoms with E-state index < -0.39 is 21.7 Å². The monoisotopic (exact) mass is 502 g/mol. The lowest BCUT2D eigenvalue weighted by Crippen LogP contribution is -2.43. The number of rotatable bonds is 7. The summed E-state index contributed by atoms with van der Waals surface area (Å²) in [5.74, 6) is -1.99. The van der Waals surface area contributed by atoms with Gasteiger partial charge in [-0.2, -0.15) is 4.31 Å². The highest BCUT2D eigenvalue weighted by atomic mass is 32.2. The van der Waals surface area contributed by atoms with Gasteiger partial charge in [-0.05, 0) is 55.7 Å². The number of piperidine rings is 1. The molecule has 3 aromatic rings. The van der Waals surface area contributed by atoms with Gasteiger partial charge in [0.15, 0.2) is 10.7 Å². The molecule has 35 heavy (non-hydrogen) atoms. The van der Waals surface area contributed by atoms with Gasteiger partial charge in [0.2, 0.25) is 15.9 Å². The fourth-order valence-corrected chi connectivity index (χ4v) is 5.64. The van der Waals surface area contributed by atoms with E-state index in [4.69, 9.17) is 4.52 Å². The molecule has 1 aromatic carbocycles. The summed E-state index contributed by atoms with van der Waals surface area (Å²) >= 11 is 0. The number of nitrogens with one attached hydrogen (secondary N) is 1. The summed E-state index contributed by atoms with van der Waals surface area (Å²) in [6.07, 6.45) is 6.66. The number of carbonyl (C=O) groups is 1. The summed E-state index contributed by atoms with van der Waals surface area (Å²) in [6, 6.07) is 6.73. The number of aryl methyl sites for hydroxylation is 1. The Bertz CT molecular complexity index is 1330. The predicted octanol–water partition coefficient (Wildman–Crippen LogP) is 3.54. The van der Waals surface area contributed by atoms with E-state index in [9.17, 15) is 22.0 Å². The van der Waals surface area contributed by atoms with Gasteiger partial charge < -0.3 is 9.84 Å². The maximum atomic E-state index is 13.9. The van der Waals surface area contributed by atoms with Crippen LogP contribution in [0.5, 0.6) is 0 Å². The van der Waals surface area contributed by atoms with Crippen molar-refractivity contribution in [1.29, 1.82) is 0 Å². The average molecular weight is 503 g/mol. The summed E-state index contributed by atoms with van der Waals surface area (Å²) in [5, 5.41) is 6.64. The van der Waals surface area contributed by atoms with Gasteiger partial charge in [0.05, 0.1) is 0 Å². The summed E-state index contributed by atoms with van der Waals surface area (Å²) in [6.45, 7) is 2.18. The first-order valence-corrected chi connectivity index (χ1v) is 12.5. The number of carbonyl (C=O) groups excluding carboxylic acids is 1. The second kappa shape index (κ2) is 10.4. The van der Waals surface area contributed by atoms with Crippen molar-refractivity contribution in [3.05, 3.63) is 76.9 Å². The second-order valence-electron chi connectivity index (χ2n) is 8.22. The van der Waals surface area contributed by atoms with Gasteiger partial charge in [-0.1, -0.05) is 11.2 Å². The molecule has 4 rings (SSSR count). The van der Waals surface area contributed by atoms with Gasteiger partial charge in [0, 0.05) is 49.6 Å². The lowest BCUT2D eigenvalue weighted by molar-refractivity contribution is -0.126. The third-order valence-corrected chi connectivity index (χ3v) is 7.88. The number of pyridine rings is 1. The molecule has 2 aromatic heterocycles. The molecule has 0 bridgehead atoms. The van der Waals surface area contributed by atoms with Gasteiger partial charge in [-0.15, -0.1) is 0 Å². The van der Waals surface area contributed by atoms with Crippen LogP contribution in [0.1, 0.15) is 35.4 Å². The minimum Gasteiger partial charge on any atom is -0.355 e. The minimum absolute atomic E-state index is 0.0532. The number of nitrogens with zero attached hydrogens (tertiary/aromatic N) is 3. The van der Waals surface area contributed by atoms with E-state index in [1.165, 1.54) is 29.4 Å². The number of hydrogen-bond donors (Lipinski definition) is 1. The van der Waals surface area contributed by atoms with Gasteiger partial charge in [0.25, 0.3) is 0 Å². The van der Waals surface area contributed by atoms with E-state index >= 15 is 0 Å². The summed E-state index contributed by atoms with van der Waals surface area (Å²) in [5.41, 5.74) is 1.12. The van der Waals surface area contributed by atoms with Crippen LogP contribution in [0.3, 0.4) is 0 Å². The maximum absolute atomic E-state index is 13.9. The smallest absolute Gasteiger partial charge is 0.248 e. The molecule has 0 atom stereocenters. The van der Waals surface area contributed by atoms with Crippen LogP contribution in [0.2, 0.25) is 0 Å². The number of hydrogen-bond acceptors (Lipinski definition) is 6. The summed E-state index contributed by atoms with van der Waals surface area (Å²) in [7, 11) is -3.97. The first-order valence-electron chi connectivity index (χ1n) is 11.0. The number of benzene rings is 1.